The molecule has 0 spiro atoms. The van der Waals surface area contributed by atoms with Gasteiger partial charge in [-0.2, -0.15) is 0 Å². The van der Waals surface area contributed by atoms with Crippen LogP contribution < -0.4 is 15.5 Å². The van der Waals surface area contributed by atoms with Gasteiger partial charge in [-0.25, -0.2) is 9.18 Å². The molecule has 6 heteroatoms. The summed E-state index contributed by atoms with van der Waals surface area (Å²) in [5, 5.41) is 14.5. The Morgan fingerprint density at radius 2 is 1.87 bits per heavy atom. The first-order chi connectivity index (χ1) is 11.0. The average molecular weight is 317 g/mol. The van der Waals surface area contributed by atoms with Crippen molar-refractivity contribution in [2.75, 3.05) is 24.3 Å². The summed E-state index contributed by atoms with van der Waals surface area (Å²) in [6.45, 7) is -0.126. The summed E-state index contributed by atoms with van der Waals surface area (Å²) in [5.41, 5.74) is 2.65. The van der Waals surface area contributed by atoms with E-state index in [1.54, 1.807) is 6.07 Å². The Morgan fingerprint density at radius 3 is 2.48 bits per heavy atom. The molecule has 2 aromatic rings. The smallest absolute Gasteiger partial charge is 0.319 e. The fourth-order valence-corrected chi connectivity index (χ4v) is 2.06. The summed E-state index contributed by atoms with van der Waals surface area (Å²) >= 11 is 0. The van der Waals surface area contributed by atoms with Gasteiger partial charge >= 0.3 is 6.03 Å². The number of amides is 2. The van der Waals surface area contributed by atoms with Gasteiger partial charge in [0.2, 0.25) is 0 Å². The van der Waals surface area contributed by atoms with E-state index in [0.29, 0.717) is 11.3 Å². The van der Waals surface area contributed by atoms with Crippen LogP contribution in [0.3, 0.4) is 0 Å². The Bertz CT molecular complexity index is 672. The second-order valence-electron chi connectivity index (χ2n) is 5.33. The van der Waals surface area contributed by atoms with Crippen molar-refractivity contribution >= 4 is 17.4 Å². The lowest BCUT2D eigenvalue weighted by molar-refractivity contribution is 0.251. The molecule has 23 heavy (non-hydrogen) atoms. The highest BCUT2D eigenvalue weighted by atomic mass is 19.1. The molecule has 2 rings (SSSR count). The first-order valence-corrected chi connectivity index (χ1v) is 7.20. The summed E-state index contributed by atoms with van der Waals surface area (Å²) in [5.74, 6) is -0.457. The van der Waals surface area contributed by atoms with E-state index >= 15 is 0 Å². The summed E-state index contributed by atoms with van der Waals surface area (Å²) in [6, 6.07) is 11.5. The molecule has 0 aliphatic carbocycles. The summed E-state index contributed by atoms with van der Waals surface area (Å²) in [6.07, 6.45) is 0. The maximum absolute atomic E-state index is 13.3. The number of carbonyl (C=O) groups excluding carboxylic acids is 1. The lowest BCUT2D eigenvalue weighted by Crippen LogP contribution is -2.28. The van der Waals surface area contributed by atoms with Crippen LogP contribution in [0.25, 0.3) is 0 Å². The van der Waals surface area contributed by atoms with E-state index < -0.39 is 5.82 Å². The number of halogens is 1. The van der Waals surface area contributed by atoms with Gasteiger partial charge in [0.25, 0.3) is 0 Å². The predicted molar refractivity (Wildman–Crippen MR) is 89.0 cm³/mol. The molecule has 3 N–H and O–H groups in total. The zero-order valence-corrected chi connectivity index (χ0v) is 13.1. The number of urea groups is 1. The Hall–Kier alpha value is -2.60. The van der Waals surface area contributed by atoms with Gasteiger partial charge in [-0.15, -0.1) is 0 Å². The largest absolute Gasteiger partial charge is 0.392 e. The van der Waals surface area contributed by atoms with Crippen LogP contribution in [-0.2, 0) is 13.2 Å². The summed E-state index contributed by atoms with van der Waals surface area (Å²) < 4.78 is 13.3. The molecule has 0 aliphatic rings. The molecule has 0 fully saturated rings. The summed E-state index contributed by atoms with van der Waals surface area (Å²) in [4.78, 5) is 13.8. The molecule has 2 amide bonds. The van der Waals surface area contributed by atoms with E-state index in [-0.39, 0.29) is 24.7 Å². The molecule has 2 aromatic carbocycles. The molecule has 5 nitrogen and oxygen atoms in total. The van der Waals surface area contributed by atoms with Gasteiger partial charge in [0, 0.05) is 37.6 Å². The normalized spacial score (nSPS) is 10.3. The Labute approximate surface area is 134 Å². The average Bonchev–Trinajstić information content (AvgIpc) is 2.54. The van der Waals surface area contributed by atoms with Crippen molar-refractivity contribution in [3.05, 3.63) is 59.4 Å². The van der Waals surface area contributed by atoms with E-state index in [4.69, 9.17) is 5.11 Å². The lowest BCUT2D eigenvalue weighted by Gasteiger charge is -2.13. The SMILES string of the molecule is CN(C)c1ccc(NC(=O)NCc2ccc(F)c(CO)c2)cc1. The van der Waals surface area contributed by atoms with Gasteiger partial charge in [-0.05, 0) is 42.0 Å². The third kappa shape index (κ3) is 4.69. The van der Waals surface area contributed by atoms with E-state index in [1.165, 1.54) is 12.1 Å². The number of aliphatic hydroxyl groups excluding tert-OH is 1. The summed E-state index contributed by atoms with van der Waals surface area (Å²) in [7, 11) is 3.89. The number of rotatable bonds is 5. The molecule has 0 atom stereocenters. The number of hydrogen-bond donors (Lipinski definition) is 3. The number of benzene rings is 2. The lowest BCUT2D eigenvalue weighted by atomic mass is 10.1. The fraction of sp³-hybridized carbons (Fsp3) is 0.235. The first kappa shape index (κ1) is 16.8. The molecule has 0 unspecified atom stereocenters. The first-order valence-electron chi connectivity index (χ1n) is 7.20. The van der Waals surface area contributed by atoms with Crippen molar-refractivity contribution in [1.82, 2.24) is 5.32 Å². The zero-order valence-electron chi connectivity index (χ0n) is 13.1. The maximum Gasteiger partial charge on any atom is 0.319 e. The third-order valence-electron chi connectivity index (χ3n) is 3.38. The monoisotopic (exact) mass is 317 g/mol. The van der Waals surface area contributed by atoms with Gasteiger partial charge in [-0.3, -0.25) is 0 Å². The predicted octanol–water partition coefficient (Wildman–Crippen LogP) is 2.71. The highest BCUT2D eigenvalue weighted by Gasteiger charge is 2.05. The molecule has 0 bridgehead atoms. The number of anilines is 2. The minimum absolute atomic E-state index is 0.212. The second kappa shape index (κ2) is 7.60. The highest BCUT2D eigenvalue weighted by Crippen LogP contribution is 2.15. The maximum atomic E-state index is 13.3. The number of nitrogens with one attached hydrogen (secondary N) is 2. The van der Waals surface area contributed by atoms with E-state index in [0.717, 1.165) is 5.69 Å². The van der Waals surface area contributed by atoms with Gasteiger partial charge in [0.1, 0.15) is 5.82 Å². The van der Waals surface area contributed by atoms with Crippen molar-refractivity contribution < 1.29 is 14.3 Å². The Balaban J connectivity index is 1.90. The fourth-order valence-electron chi connectivity index (χ4n) is 2.06. The highest BCUT2D eigenvalue weighted by molar-refractivity contribution is 5.89. The molecule has 0 aliphatic heterocycles. The van der Waals surface area contributed by atoms with Crippen molar-refractivity contribution in [3.63, 3.8) is 0 Å². The van der Waals surface area contributed by atoms with E-state index in [9.17, 15) is 9.18 Å². The third-order valence-corrected chi connectivity index (χ3v) is 3.38. The second-order valence-corrected chi connectivity index (χ2v) is 5.33. The van der Waals surface area contributed by atoms with Crippen LogP contribution in [-0.4, -0.2) is 25.2 Å². The van der Waals surface area contributed by atoms with Crippen LogP contribution in [0.2, 0.25) is 0 Å². The van der Waals surface area contributed by atoms with Crippen molar-refractivity contribution in [3.8, 4) is 0 Å². The van der Waals surface area contributed by atoms with Crippen molar-refractivity contribution in [2.24, 2.45) is 0 Å². The van der Waals surface area contributed by atoms with Gasteiger partial charge in [-0.1, -0.05) is 6.07 Å². The van der Waals surface area contributed by atoms with Crippen LogP contribution in [0, 0.1) is 5.82 Å². The molecular weight excluding hydrogens is 297 g/mol. The molecule has 0 heterocycles. The molecule has 0 radical (unpaired) electrons. The molecule has 0 aromatic heterocycles. The van der Waals surface area contributed by atoms with Crippen molar-refractivity contribution in [1.29, 1.82) is 0 Å². The van der Waals surface area contributed by atoms with Gasteiger partial charge in [0.05, 0.1) is 6.61 Å². The standard InChI is InChI=1S/C17H20FN3O2/c1-21(2)15-6-4-14(5-7-15)20-17(23)19-10-12-3-8-16(18)13(9-12)11-22/h3-9,22H,10-11H2,1-2H3,(H2,19,20,23). The van der Waals surface area contributed by atoms with Crippen LogP contribution in [0.1, 0.15) is 11.1 Å². The molecule has 122 valence electrons. The minimum Gasteiger partial charge on any atom is -0.392 e. The van der Waals surface area contributed by atoms with E-state index in [1.807, 2.05) is 43.3 Å². The molecule has 0 saturated heterocycles. The van der Waals surface area contributed by atoms with E-state index in [2.05, 4.69) is 10.6 Å². The Morgan fingerprint density at radius 1 is 1.17 bits per heavy atom. The Kier molecular flexibility index (Phi) is 5.54. The molecular formula is C17H20FN3O2. The van der Waals surface area contributed by atoms with Crippen LogP contribution in [0.4, 0.5) is 20.6 Å². The number of nitrogens with zero attached hydrogens (tertiary/aromatic N) is 1. The quantitative estimate of drug-likeness (QED) is 0.794. The van der Waals surface area contributed by atoms with Crippen molar-refractivity contribution in [2.45, 2.75) is 13.2 Å². The number of carbonyl (C=O) groups is 1. The zero-order chi connectivity index (χ0) is 16.8. The van der Waals surface area contributed by atoms with Gasteiger partial charge in [0.15, 0.2) is 0 Å². The topological polar surface area (TPSA) is 64.6 Å². The molecule has 0 saturated carbocycles. The van der Waals surface area contributed by atoms with Gasteiger partial charge < -0.3 is 20.6 Å². The van der Waals surface area contributed by atoms with Crippen LogP contribution >= 0.6 is 0 Å². The number of hydrogen-bond acceptors (Lipinski definition) is 3. The van der Waals surface area contributed by atoms with Crippen LogP contribution in [0.15, 0.2) is 42.5 Å². The number of aliphatic hydroxyl groups is 1. The minimum atomic E-state index is -0.457. The van der Waals surface area contributed by atoms with Crippen LogP contribution in [0.5, 0.6) is 0 Å².